The molecule has 2 N–H and O–H groups in total. The highest BCUT2D eigenvalue weighted by atomic mass is 19.4. The summed E-state index contributed by atoms with van der Waals surface area (Å²) in [5, 5.41) is 0.735. The number of aromatic nitrogens is 1. The molecule has 1 amide bonds. The van der Waals surface area contributed by atoms with Gasteiger partial charge in [0.05, 0.1) is 12.8 Å². The largest absolute Gasteiger partial charge is 0.433 e. The summed E-state index contributed by atoms with van der Waals surface area (Å²) in [5.41, 5.74) is 3.57. The second-order valence-corrected chi connectivity index (χ2v) is 3.12. The predicted octanol–water partition coefficient (Wildman–Crippen LogP) is 1.32. The number of halogens is 3. The molecule has 0 spiro atoms. The van der Waals surface area contributed by atoms with Crippen molar-refractivity contribution >= 4 is 11.6 Å². The fourth-order valence-corrected chi connectivity index (χ4v) is 1.03. The van der Waals surface area contributed by atoms with Crippen LogP contribution in [0.25, 0.3) is 0 Å². The fourth-order valence-electron chi connectivity index (χ4n) is 1.03. The minimum atomic E-state index is -4.63. The smallest absolute Gasteiger partial charge is 0.397 e. The van der Waals surface area contributed by atoms with E-state index < -0.39 is 23.5 Å². The van der Waals surface area contributed by atoms with Crippen LogP contribution in [0.15, 0.2) is 12.1 Å². The van der Waals surface area contributed by atoms with Crippen molar-refractivity contribution in [1.82, 2.24) is 10.0 Å². The zero-order valence-electron chi connectivity index (χ0n) is 9.08. The van der Waals surface area contributed by atoms with E-state index in [2.05, 4.69) is 9.82 Å². The molecule has 0 aliphatic heterocycles. The minimum absolute atomic E-state index is 0.146. The van der Waals surface area contributed by atoms with Crippen LogP contribution in [-0.4, -0.2) is 30.1 Å². The second kappa shape index (κ2) is 4.58. The molecular weight excluding hydrogens is 239 g/mol. The molecule has 17 heavy (non-hydrogen) atoms. The van der Waals surface area contributed by atoms with Gasteiger partial charge >= 0.3 is 6.18 Å². The van der Waals surface area contributed by atoms with Crippen LogP contribution < -0.4 is 5.73 Å². The molecule has 0 atom stereocenters. The zero-order chi connectivity index (χ0) is 13.2. The van der Waals surface area contributed by atoms with E-state index in [1.165, 1.54) is 14.2 Å². The van der Waals surface area contributed by atoms with Gasteiger partial charge in [-0.1, -0.05) is 0 Å². The number of hydrogen-bond donors (Lipinski definition) is 1. The average Bonchev–Trinajstić information content (AvgIpc) is 2.26. The van der Waals surface area contributed by atoms with Crippen molar-refractivity contribution in [2.45, 2.75) is 6.18 Å². The normalized spacial score (nSPS) is 11.4. The van der Waals surface area contributed by atoms with Gasteiger partial charge in [-0.05, 0) is 12.1 Å². The van der Waals surface area contributed by atoms with Crippen molar-refractivity contribution in [2.75, 3.05) is 19.9 Å². The molecule has 0 fully saturated rings. The number of pyridine rings is 1. The number of nitrogen functional groups attached to an aromatic ring is 1. The van der Waals surface area contributed by atoms with Crippen LogP contribution in [0.2, 0.25) is 0 Å². The number of rotatable bonds is 2. The average molecular weight is 249 g/mol. The van der Waals surface area contributed by atoms with Gasteiger partial charge in [0.2, 0.25) is 0 Å². The van der Waals surface area contributed by atoms with Crippen molar-refractivity contribution in [3.05, 3.63) is 23.5 Å². The number of carbonyl (C=O) groups is 1. The first-order valence-corrected chi connectivity index (χ1v) is 4.43. The monoisotopic (exact) mass is 249 g/mol. The molecule has 0 radical (unpaired) electrons. The third kappa shape index (κ3) is 2.84. The third-order valence-electron chi connectivity index (χ3n) is 1.98. The first-order chi connectivity index (χ1) is 7.77. The molecular formula is C9H10F3N3O2. The number of nitrogens with zero attached hydrogens (tertiary/aromatic N) is 2. The number of hydrogen-bond acceptors (Lipinski definition) is 4. The molecule has 8 heteroatoms. The van der Waals surface area contributed by atoms with Gasteiger partial charge in [0.1, 0.15) is 5.69 Å². The molecule has 0 aliphatic carbocycles. The van der Waals surface area contributed by atoms with Crippen molar-refractivity contribution in [2.24, 2.45) is 0 Å². The Hall–Kier alpha value is -1.83. The number of amides is 1. The Kier molecular flexibility index (Phi) is 3.56. The fraction of sp³-hybridized carbons (Fsp3) is 0.333. The molecule has 5 nitrogen and oxygen atoms in total. The molecule has 94 valence electrons. The second-order valence-electron chi connectivity index (χ2n) is 3.12. The Morgan fingerprint density at radius 1 is 1.47 bits per heavy atom. The van der Waals surface area contributed by atoms with E-state index in [0.717, 1.165) is 11.1 Å². The van der Waals surface area contributed by atoms with Crippen LogP contribution in [0.5, 0.6) is 0 Å². The number of nitrogens with two attached hydrogens (primary N) is 1. The maximum Gasteiger partial charge on any atom is 0.433 e. The zero-order valence-corrected chi connectivity index (χ0v) is 9.08. The van der Waals surface area contributed by atoms with Gasteiger partial charge in [-0.15, -0.1) is 0 Å². The summed E-state index contributed by atoms with van der Waals surface area (Å²) in [4.78, 5) is 19.3. The highest BCUT2D eigenvalue weighted by Crippen LogP contribution is 2.28. The van der Waals surface area contributed by atoms with Gasteiger partial charge in [0, 0.05) is 7.05 Å². The first-order valence-electron chi connectivity index (χ1n) is 4.43. The lowest BCUT2D eigenvalue weighted by atomic mass is 10.2. The lowest BCUT2D eigenvalue weighted by molar-refractivity contribution is -0.141. The van der Waals surface area contributed by atoms with Gasteiger partial charge in [0.15, 0.2) is 5.69 Å². The summed E-state index contributed by atoms with van der Waals surface area (Å²) in [5.74, 6) is -0.851. The van der Waals surface area contributed by atoms with Gasteiger partial charge < -0.3 is 5.73 Å². The van der Waals surface area contributed by atoms with E-state index in [4.69, 9.17) is 5.73 Å². The Morgan fingerprint density at radius 2 is 2.06 bits per heavy atom. The van der Waals surface area contributed by atoms with E-state index in [9.17, 15) is 18.0 Å². The Morgan fingerprint density at radius 3 is 2.53 bits per heavy atom. The molecule has 0 saturated carbocycles. The van der Waals surface area contributed by atoms with Gasteiger partial charge in [-0.2, -0.15) is 13.2 Å². The number of alkyl halides is 3. The molecule has 0 aliphatic rings. The van der Waals surface area contributed by atoms with Crippen molar-refractivity contribution < 1.29 is 22.8 Å². The minimum Gasteiger partial charge on any atom is -0.397 e. The Bertz CT molecular complexity index is 434. The lowest BCUT2D eigenvalue weighted by Crippen LogP contribution is -2.28. The number of hydroxylamine groups is 2. The van der Waals surface area contributed by atoms with Crippen LogP contribution in [0, 0.1) is 0 Å². The van der Waals surface area contributed by atoms with Crippen molar-refractivity contribution in [3.8, 4) is 0 Å². The number of anilines is 1. The summed E-state index contributed by atoms with van der Waals surface area (Å²) in [6.07, 6.45) is -4.63. The predicted molar refractivity (Wildman–Crippen MR) is 52.8 cm³/mol. The number of carbonyl (C=O) groups excluding carboxylic acids is 1. The van der Waals surface area contributed by atoms with E-state index >= 15 is 0 Å². The summed E-state index contributed by atoms with van der Waals surface area (Å²) < 4.78 is 37.2. The van der Waals surface area contributed by atoms with E-state index in [1.807, 2.05) is 0 Å². The molecule has 1 heterocycles. The Labute approximate surface area is 94.9 Å². The maximum atomic E-state index is 12.4. The molecule has 0 unspecified atom stereocenters. The van der Waals surface area contributed by atoms with E-state index in [-0.39, 0.29) is 5.69 Å². The molecule has 1 aromatic heterocycles. The van der Waals surface area contributed by atoms with Crippen molar-refractivity contribution in [1.29, 1.82) is 0 Å². The highest BCUT2D eigenvalue weighted by Gasteiger charge is 2.34. The third-order valence-corrected chi connectivity index (χ3v) is 1.98. The van der Waals surface area contributed by atoms with Crippen LogP contribution >= 0.6 is 0 Å². The maximum absolute atomic E-state index is 12.4. The summed E-state index contributed by atoms with van der Waals surface area (Å²) >= 11 is 0. The van der Waals surface area contributed by atoms with Crippen LogP contribution in [0.1, 0.15) is 16.2 Å². The molecule has 1 rings (SSSR count). The highest BCUT2D eigenvalue weighted by molar-refractivity contribution is 5.96. The molecule has 0 aromatic carbocycles. The lowest BCUT2D eigenvalue weighted by Gasteiger charge is -2.15. The van der Waals surface area contributed by atoms with Gasteiger partial charge in [-0.25, -0.2) is 10.0 Å². The summed E-state index contributed by atoms with van der Waals surface area (Å²) in [7, 11) is 2.44. The Balaban J connectivity index is 3.20. The summed E-state index contributed by atoms with van der Waals surface area (Å²) in [6, 6.07) is 1.69. The van der Waals surface area contributed by atoms with E-state index in [0.29, 0.717) is 6.07 Å². The summed E-state index contributed by atoms with van der Waals surface area (Å²) in [6.45, 7) is 0. The van der Waals surface area contributed by atoms with Crippen molar-refractivity contribution in [3.63, 3.8) is 0 Å². The van der Waals surface area contributed by atoms with Crippen LogP contribution in [-0.2, 0) is 11.0 Å². The van der Waals surface area contributed by atoms with Gasteiger partial charge in [0.25, 0.3) is 5.91 Å². The first kappa shape index (κ1) is 13.2. The topological polar surface area (TPSA) is 68.5 Å². The van der Waals surface area contributed by atoms with Crippen LogP contribution in [0.3, 0.4) is 0 Å². The molecule has 1 aromatic rings. The molecule has 0 bridgehead atoms. The SMILES string of the molecule is CON(C)C(=O)c1nc(C(F)(F)F)ccc1N. The standard InChI is InChI=1S/C9H10F3N3O2/c1-15(17-2)8(16)7-5(13)3-4-6(14-7)9(10,11)12/h3-4H,13H2,1-2H3. The quantitative estimate of drug-likeness (QED) is 0.802. The van der Waals surface area contributed by atoms with Crippen LogP contribution in [0.4, 0.5) is 18.9 Å². The molecule has 0 saturated heterocycles. The van der Waals surface area contributed by atoms with E-state index in [1.54, 1.807) is 0 Å². The van der Waals surface area contributed by atoms with Gasteiger partial charge in [-0.3, -0.25) is 9.63 Å².